The molecular weight excluding hydrogens is 164 g/mol. The Morgan fingerprint density at radius 1 is 1.31 bits per heavy atom. The van der Waals surface area contributed by atoms with E-state index < -0.39 is 0 Å². The van der Waals surface area contributed by atoms with Gasteiger partial charge in [-0.1, -0.05) is 25.5 Å². The van der Waals surface area contributed by atoms with E-state index in [2.05, 4.69) is 6.92 Å². The Morgan fingerprint density at radius 2 is 1.92 bits per heavy atom. The van der Waals surface area contributed by atoms with Crippen molar-refractivity contribution in [2.24, 2.45) is 0 Å². The van der Waals surface area contributed by atoms with Crippen LogP contribution in [0.5, 0.6) is 0 Å². The zero-order valence-electron chi connectivity index (χ0n) is 8.89. The standard InChI is InChI=1S/C9H12O2.C2H6/c1-7-3-5-9(6-4-7)11-8(2)10;1-2/h3,5H,4,6H2,1-2H3;1-2H3. The van der Waals surface area contributed by atoms with Crippen LogP contribution < -0.4 is 0 Å². The summed E-state index contributed by atoms with van der Waals surface area (Å²) in [6.07, 6.45) is 5.70. The number of carbonyl (C=O) groups excluding carboxylic acids is 1. The molecule has 0 radical (unpaired) electrons. The van der Waals surface area contributed by atoms with Crippen LogP contribution in [0.3, 0.4) is 0 Å². The Labute approximate surface area is 80.3 Å². The zero-order valence-corrected chi connectivity index (χ0v) is 8.89. The first-order valence-electron chi connectivity index (χ1n) is 4.73. The summed E-state index contributed by atoms with van der Waals surface area (Å²) in [6, 6.07) is 0. The topological polar surface area (TPSA) is 26.3 Å². The van der Waals surface area contributed by atoms with Crippen LogP contribution in [0, 0.1) is 0 Å². The number of hydrogen-bond donors (Lipinski definition) is 0. The van der Waals surface area contributed by atoms with Crippen LogP contribution in [-0.4, -0.2) is 5.97 Å². The first-order valence-corrected chi connectivity index (χ1v) is 4.73. The van der Waals surface area contributed by atoms with Crippen molar-refractivity contribution in [2.45, 2.75) is 40.5 Å². The van der Waals surface area contributed by atoms with Crippen molar-refractivity contribution in [2.75, 3.05) is 0 Å². The van der Waals surface area contributed by atoms with E-state index >= 15 is 0 Å². The van der Waals surface area contributed by atoms with Crippen LogP contribution in [0.15, 0.2) is 23.5 Å². The summed E-state index contributed by atoms with van der Waals surface area (Å²) in [5.74, 6) is 0.548. The van der Waals surface area contributed by atoms with Crippen molar-refractivity contribution < 1.29 is 9.53 Å². The molecule has 0 saturated heterocycles. The lowest BCUT2D eigenvalue weighted by Crippen LogP contribution is -2.01. The van der Waals surface area contributed by atoms with Gasteiger partial charge in [0.1, 0.15) is 5.76 Å². The van der Waals surface area contributed by atoms with E-state index in [0.29, 0.717) is 0 Å². The lowest BCUT2D eigenvalue weighted by Gasteiger charge is -2.10. The number of esters is 1. The quantitative estimate of drug-likeness (QED) is 0.582. The molecule has 0 aromatic heterocycles. The Kier molecular flexibility index (Phi) is 5.94. The molecular formula is C11H18O2. The Balaban J connectivity index is 0.000000671. The minimum atomic E-state index is -0.232. The van der Waals surface area contributed by atoms with Crippen molar-refractivity contribution in [1.29, 1.82) is 0 Å². The normalized spacial score (nSPS) is 14.8. The molecule has 0 saturated carbocycles. The number of rotatable bonds is 1. The molecule has 0 fully saturated rings. The van der Waals surface area contributed by atoms with Gasteiger partial charge in [0.15, 0.2) is 0 Å². The maximum absolute atomic E-state index is 10.5. The fourth-order valence-corrected chi connectivity index (χ4v) is 0.992. The highest BCUT2D eigenvalue weighted by atomic mass is 16.5. The molecule has 0 N–H and O–H groups in total. The van der Waals surface area contributed by atoms with Gasteiger partial charge in [-0.2, -0.15) is 0 Å². The van der Waals surface area contributed by atoms with E-state index in [0.717, 1.165) is 18.6 Å². The lowest BCUT2D eigenvalue weighted by atomic mass is 10.1. The molecule has 0 heterocycles. The molecule has 0 atom stereocenters. The van der Waals surface area contributed by atoms with Crippen molar-refractivity contribution in [3.05, 3.63) is 23.5 Å². The van der Waals surface area contributed by atoms with Crippen LogP contribution >= 0.6 is 0 Å². The summed E-state index contributed by atoms with van der Waals surface area (Å²) in [5, 5.41) is 0. The molecule has 1 rings (SSSR count). The number of hydrogen-bond acceptors (Lipinski definition) is 2. The molecule has 0 aliphatic heterocycles. The predicted octanol–water partition coefficient (Wildman–Crippen LogP) is 3.20. The van der Waals surface area contributed by atoms with E-state index in [1.54, 1.807) is 0 Å². The Hall–Kier alpha value is -1.05. The van der Waals surface area contributed by atoms with Crippen molar-refractivity contribution in [3.63, 3.8) is 0 Å². The summed E-state index contributed by atoms with van der Waals surface area (Å²) in [5.41, 5.74) is 1.33. The summed E-state index contributed by atoms with van der Waals surface area (Å²) in [7, 11) is 0. The molecule has 0 spiro atoms. The zero-order chi connectivity index (χ0) is 10.3. The second-order valence-electron chi connectivity index (χ2n) is 2.74. The van der Waals surface area contributed by atoms with Gasteiger partial charge in [-0.25, -0.2) is 0 Å². The maximum atomic E-state index is 10.5. The molecule has 2 heteroatoms. The number of allylic oxidation sites excluding steroid dienone is 4. The van der Waals surface area contributed by atoms with Crippen LogP contribution in [0.2, 0.25) is 0 Å². The maximum Gasteiger partial charge on any atom is 0.307 e. The van der Waals surface area contributed by atoms with Gasteiger partial charge in [-0.15, -0.1) is 0 Å². The van der Waals surface area contributed by atoms with Gasteiger partial charge in [0.25, 0.3) is 0 Å². The minimum absolute atomic E-state index is 0.232. The third-order valence-corrected chi connectivity index (χ3v) is 1.59. The first kappa shape index (κ1) is 11.9. The molecule has 2 nitrogen and oxygen atoms in total. The van der Waals surface area contributed by atoms with Gasteiger partial charge < -0.3 is 4.74 Å². The van der Waals surface area contributed by atoms with Gasteiger partial charge in [-0.3, -0.25) is 4.79 Å². The van der Waals surface area contributed by atoms with Crippen molar-refractivity contribution >= 4 is 5.97 Å². The van der Waals surface area contributed by atoms with Gasteiger partial charge in [-0.05, 0) is 19.4 Å². The SMILES string of the molecule is CC.CC(=O)OC1=CC=C(C)CC1. The predicted molar refractivity (Wildman–Crippen MR) is 54.2 cm³/mol. The van der Waals surface area contributed by atoms with Gasteiger partial charge in [0.05, 0.1) is 0 Å². The largest absolute Gasteiger partial charge is 0.431 e. The molecule has 74 valence electrons. The van der Waals surface area contributed by atoms with Gasteiger partial charge in [0, 0.05) is 13.3 Å². The fraction of sp³-hybridized carbons (Fsp3) is 0.545. The highest BCUT2D eigenvalue weighted by Crippen LogP contribution is 2.18. The summed E-state index contributed by atoms with van der Waals surface area (Å²) in [4.78, 5) is 10.5. The molecule has 13 heavy (non-hydrogen) atoms. The summed E-state index contributed by atoms with van der Waals surface area (Å²) < 4.78 is 4.92. The molecule has 0 unspecified atom stereocenters. The number of ether oxygens (including phenoxy) is 1. The van der Waals surface area contributed by atoms with Crippen LogP contribution in [0.1, 0.15) is 40.5 Å². The highest BCUT2D eigenvalue weighted by molar-refractivity contribution is 5.67. The van der Waals surface area contributed by atoms with E-state index in [4.69, 9.17) is 4.74 Å². The molecule has 1 aliphatic carbocycles. The summed E-state index contributed by atoms with van der Waals surface area (Å²) >= 11 is 0. The second-order valence-corrected chi connectivity index (χ2v) is 2.74. The Morgan fingerprint density at radius 3 is 2.31 bits per heavy atom. The molecule has 0 bridgehead atoms. The van der Waals surface area contributed by atoms with Crippen LogP contribution in [0.4, 0.5) is 0 Å². The number of carbonyl (C=O) groups is 1. The third kappa shape index (κ3) is 5.23. The summed E-state index contributed by atoms with van der Waals surface area (Å²) in [6.45, 7) is 7.49. The second kappa shape index (κ2) is 6.46. The monoisotopic (exact) mass is 182 g/mol. The van der Waals surface area contributed by atoms with Gasteiger partial charge >= 0.3 is 5.97 Å². The molecule has 0 aromatic rings. The minimum Gasteiger partial charge on any atom is -0.431 e. The third-order valence-electron chi connectivity index (χ3n) is 1.59. The van der Waals surface area contributed by atoms with Gasteiger partial charge in [0.2, 0.25) is 0 Å². The molecule has 1 aliphatic rings. The highest BCUT2D eigenvalue weighted by Gasteiger charge is 2.05. The van der Waals surface area contributed by atoms with Crippen molar-refractivity contribution in [3.8, 4) is 0 Å². The van der Waals surface area contributed by atoms with E-state index in [1.807, 2.05) is 26.0 Å². The fourth-order valence-electron chi connectivity index (χ4n) is 0.992. The average molecular weight is 182 g/mol. The molecule has 0 amide bonds. The van der Waals surface area contributed by atoms with E-state index in [9.17, 15) is 4.79 Å². The lowest BCUT2D eigenvalue weighted by molar-refractivity contribution is -0.137. The van der Waals surface area contributed by atoms with Crippen LogP contribution in [0.25, 0.3) is 0 Å². The van der Waals surface area contributed by atoms with E-state index in [1.165, 1.54) is 12.5 Å². The van der Waals surface area contributed by atoms with Crippen LogP contribution in [-0.2, 0) is 9.53 Å². The molecule has 0 aromatic carbocycles. The first-order chi connectivity index (χ1) is 6.18. The van der Waals surface area contributed by atoms with E-state index in [-0.39, 0.29) is 5.97 Å². The average Bonchev–Trinajstić information content (AvgIpc) is 2.12. The van der Waals surface area contributed by atoms with Crippen molar-refractivity contribution in [1.82, 2.24) is 0 Å². The Bertz CT molecular complexity index is 224. The smallest absolute Gasteiger partial charge is 0.307 e.